The first-order valence-corrected chi connectivity index (χ1v) is 11.9. The van der Waals surface area contributed by atoms with Gasteiger partial charge in [-0.25, -0.2) is 8.42 Å². The van der Waals surface area contributed by atoms with Crippen LogP contribution in [0.15, 0.2) is 53.4 Å². The van der Waals surface area contributed by atoms with E-state index < -0.39 is 10.0 Å². The van der Waals surface area contributed by atoms with Crippen LogP contribution in [-0.4, -0.2) is 31.9 Å². The van der Waals surface area contributed by atoms with Crippen molar-refractivity contribution in [1.82, 2.24) is 4.31 Å². The van der Waals surface area contributed by atoms with Crippen LogP contribution in [0.25, 0.3) is 0 Å². The molecule has 0 radical (unpaired) electrons. The van der Waals surface area contributed by atoms with Crippen LogP contribution in [0.5, 0.6) is 0 Å². The molecule has 0 N–H and O–H groups in total. The van der Waals surface area contributed by atoms with E-state index in [-0.39, 0.29) is 0 Å². The van der Waals surface area contributed by atoms with Crippen LogP contribution in [0.3, 0.4) is 0 Å². The minimum atomic E-state index is -3.37. The molecule has 150 valence electrons. The van der Waals surface area contributed by atoms with Gasteiger partial charge in [-0.2, -0.15) is 4.31 Å². The summed E-state index contributed by atoms with van der Waals surface area (Å²) < 4.78 is 27.6. The molecule has 0 bridgehead atoms. The lowest BCUT2D eigenvalue weighted by molar-refractivity contribution is 0.423. The third-order valence-corrected chi connectivity index (χ3v) is 8.06. The Bertz CT molecular complexity index is 900. The summed E-state index contributed by atoms with van der Waals surface area (Å²) in [6, 6.07) is 16.6. The number of para-hydroxylation sites is 1. The Balaban J connectivity index is 1.52. The fourth-order valence-corrected chi connectivity index (χ4v) is 5.91. The number of hydrogen-bond donors (Lipinski definition) is 0. The number of nitrogens with zero attached hydrogens (tertiary/aromatic N) is 2. The number of anilines is 1. The molecule has 0 unspecified atom stereocenters. The molecule has 2 aliphatic rings. The van der Waals surface area contributed by atoms with E-state index in [1.807, 2.05) is 12.1 Å². The van der Waals surface area contributed by atoms with Crippen molar-refractivity contribution in [2.75, 3.05) is 18.0 Å². The molecule has 4 rings (SSSR count). The standard InChI is InChI=1S/C23H30N2O2S/c1-19-10-13-21-8-4-5-9-23(21)25(19)18-20-11-14-22(15-12-20)28(26,27)24-16-6-2-3-7-17-24/h4-5,8-9,11-12,14-15,19H,2-3,6-7,10,13,16-18H2,1H3/t19-/m0/s1. The molecule has 2 aromatic carbocycles. The Morgan fingerprint density at radius 3 is 2.32 bits per heavy atom. The fourth-order valence-electron chi connectivity index (χ4n) is 4.40. The van der Waals surface area contributed by atoms with E-state index in [9.17, 15) is 8.42 Å². The Kier molecular flexibility index (Phi) is 5.74. The Hall–Kier alpha value is -1.85. The molecule has 2 aliphatic heterocycles. The molecule has 0 saturated carbocycles. The second-order valence-corrected chi connectivity index (χ2v) is 10.0. The van der Waals surface area contributed by atoms with Gasteiger partial charge < -0.3 is 4.90 Å². The van der Waals surface area contributed by atoms with Gasteiger partial charge >= 0.3 is 0 Å². The van der Waals surface area contributed by atoms with Crippen molar-refractivity contribution in [3.63, 3.8) is 0 Å². The lowest BCUT2D eigenvalue weighted by Gasteiger charge is -2.37. The van der Waals surface area contributed by atoms with Crippen molar-refractivity contribution >= 4 is 15.7 Å². The third-order valence-electron chi connectivity index (χ3n) is 6.14. The quantitative estimate of drug-likeness (QED) is 0.756. The van der Waals surface area contributed by atoms with Crippen LogP contribution in [0.4, 0.5) is 5.69 Å². The smallest absolute Gasteiger partial charge is 0.243 e. The van der Waals surface area contributed by atoms with Gasteiger partial charge in [-0.05, 0) is 61.9 Å². The van der Waals surface area contributed by atoms with Crippen LogP contribution < -0.4 is 4.90 Å². The second-order valence-electron chi connectivity index (χ2n) is 8.11. The van der Waals surface area contributed by atoms with Gasteiger partial charge in [-0.1, -0.05) is 43.2 Å². The van der Waals surface area contributed by atoms with Crippen LogP contribution in [0.2, 0.25) is 0 Å². The molecule has 5 heteroatoms. The Morgan fingerprint density at radius 2 is 1.61 bits per heavy atom. The molecule has 0 aromatic heterocycles. The van der Waals surface area contributed by atoms with Gasteiger partial charge in [0.25, 0.3) is 0 Å². The van der Waals surface area contributed by atoms with E-state index in [1.165, 1.54) is 11.3 Å². The van der Waals surface area contributed by atoms with Gasteiger partial charge in [0.05, 0.1) is 4.90 Å². The monoisotopic (exact) mass is 398 g/mol. The van der Waals surface area contributed by atoms with Gasteiger partial charge in [-0.3, -0.25) is 0 Å². The summed E-state index contributed by atoms with van der Waals surface area (Å²) in [6.07, 6.45) is 6.45. The minimum absolute atomic E-state index is 0.422. The average Bonchev–Trinajstić information content (AvgIpc) is 3.01. The maximum absolute atomic E-state index is 13.0. The number of rotatable bonds is 4. The molecule has 4 nitrogen and oxygen atoms in total. The summed E-state index contributed by atoms with van der Waals surface area (Å²) in [6.45, 7) is 4.37. The molecule has 2 heterocycles. The largest absolute Gasteiger partial charge is 0.364 e. The molecular weight excluding hydrogens is 368 g/mol. The number of benzene rings is 2. The summed E-state index contributed by atoms with van der Waals surface area (Å²) in [5.41, 5.74) is 3.86. The first-order chi connectivity index (χ1) is 13.6. The summed E-state index contributed by atoms with van der Waals surface area (Å²) in [4.78, 5) is 2.86. The second kappa shape index (κ2) is 8.26. The van der Waals surface area contributed by atoms with E-state index in [1.54, 1.807) is 16.4 Å². The van der Waals surface area contributed by atoms with E-state index >= 15 is 0 Å². The summed E-state index contributed by atoms with van der Waals surface area (Å²) in [5, 5.41) is 0. The molecular formula is C23H30N2O2S. The number of aryl methyl sites for hydroxylation is 1. The maximum Gasteiger partial charge on any atom is 0.243 e. The van der Waals surface area contributed by atoms with Crippen molar-refractivity contribution in [2.24, 2.45) is 0 Å². The minimum Gasteiger partial charge on any atom is -0.364 e. The van der Waals surface area contributed by atoms with Gasteiger partial charge in [0.15, 0.2) is 0 Å². The summed E-state index contributed by atoms with van der Waals surface area (Å²) in [5.74, 6) is 0. The molecule has 28 heavy (non-hydrogen) atoms. The molecule has 2 aromatic rings. The summed E-state index contributed by atoms with van der Waals surface area (Å²) >= 11 is 0. The molecule has 1 fully saturated rings. The van der Waals surface area contributed by atoms with Crippen molar-refractivity contribution < 1.29 is 8.42 Å². The highest BCUT2D eigenvalue weighted by molar-refractivity contribution is 7.89. The number of sulfonamides is 1. The highest BCUT2D eigenvalue weighted by Crippen LogP contribution is 2.32. The van der Waals surface area contributed by atoms with Crippen molar-refractivity contribution in [3.05, 3.63) is 59.7 Å². The number of hydrogen-bond acceptors (Lipinski definition) is 3. The van der Waals surface area contributed by atoms with Gasteiger partial charge in [0.2, 0.25) is 10.0 Å². The fraction of sp³-hybridized carbons (Fsp3) is 0.478. The normalized spacial score (nSPS) is 21.2. The topological polar surface area (TPSA) is 40.6 Å². The number of fused-ring (bicyclic) bond motifs is 1. The van der Waals surface area contributed by atoms with Crippen LogP contribution >= 0.6 is 0 Å². The van der Waals surface area contributed by atoms with E-state index in [4.69, 9.17) is 0 Å². The van der Waals surface area contributed by atoms with Crippen molar-refractivity contribution in [3.8, 4) is 0 Å². The zero-order chi connectivity index (χ0) is 19.6. The molecule has 0 aliphatic carbocycles. The first-order valence-electron chi connectivity index (χ1n) is 10.5. The maximum atomic E-state index is 13.0. The predicted molar refractivity (Wildman–Crippen MR) is 114 cm³/mol. The predicted octanol–water partition coefficient (Wildman–Crippen LogP) is 4.59. The molecule has 1 atom stereocenters. The van der Waals surface area contributed by atoms with Crippen LogP contribution in [0.1, 0.15) is 50.2 Å². The average molecular weight is 399 g/mol. The molecule has 1 saturated heterocycles. The highest BCUT2D eigenvalue weighted by atomic mass is 32.2. The lowest BCUT2D eigenvalue weighted by atomic mass is 9.96. The lowest BCUT2D eigenvalue weighted by Crippen LogP contribution is -2.36. The van der Waals surface area contributed by atoms with Gasteiger partial charge in [0, 0.05) is 31.4 Å². The van der Waals surface area contributed by atoms with Crippen LogP contribution in [0, 0.1) is 0 Å². The highest BCUT2D eigenvalue weighted by Gasteiger charge is 2.26. The van der Waals surface area contributed by atoms with Gasteiger partial charge in [-0.15, -0.1) is 0 Å². The van der Waals surface area contributed by atoms with E-state index in [2.05, 4.69) is 36.1 Å². The van der Waals surface area contributed by atoms with E-state index in [0.29, 0.717) is 24.0 Å². The van der Waals surface area contributed by atoms with E-state index in [0.717, 1.165) is 50.6 Å². The summed E-state index contributed by atoms with van der Waals surface area (Å²) in [7, 11) is -3.37. The third kappa shape index (κ3) is 3.96. The molecule has 0 spiro atoms. The molecule has 0 amide bonds. The SMILES string of the molecule is C[C@H]1CCc2ccccc2N1Cc1ccc(S(=O)(=O)N2CCCCCC2)cc1. The van der Waals surface area contributed by atoms with Crippen LogP contribution in [-0.2, 0) is 23.0 Å². The zero-order valence-electron chi connectivity index (χ0n) is 16.7. The van der Waals surface area contributed by atoms with Crippen molar-refractivity contribution in [2.45, 2.75) is 62.9 Å². The first kappa shape index (κ1) is 19.5. The van der Waals surface area contributed by atoms with Crippen molar-refractivity contribution in [1.29, 1.82) is 0 Å². The van der Waals surface area contributed by atoms with Gasteiger partial charge in [0.1, 0.15) is 0 Å². The Morgan fingerprint density at radius 1 is 0.929 bits per heavy atom. The Labute approximate surface area is 169 Å². The zero-order valence-corrected chi connectivity index (χ0v) is 17.5.